The molecule has 1 rings (SSSR count). The minimum atomic E-state index is -0.0834. The average Bonchev–Trinajstić information content (AvgIpc) is 2.31. The van der Waals surface area contributed by atoms with Crippen molar-refractivity contribution in [2.24, 2.45) is 10.9 Å². The molecule has 0 aliphatic rings. The molecule has 4 nitrogen and oxygen atoms in total. The lowest BCUT2D eigenvalue weighted by Crippen LogP contribution is -2.40. The molecule has 1 atom stereocenters. The topological polar surface area (TPSA) is 61.8 Å². The molecule has 1 aromatic rings. The van der Waals surface area contributed by atoms with E-state index in [1.54, 1.807) is 0 Å². The van der Waals surface area contributed by atoms with E-state index in [9.17, 15) is 0 Å². The Morgan fingerprint density at radius 2 is 2.12 bits per heavy atom. The fourth-order valence-electron chi connectivity index (χ4n) is 1.69. The van der Waals surface area contributed by atoms with Gasteiger partial charge in [-0.25, -0.2) is 0 Å². The number of hydrogen-bond acceptors (Lipinski definition) is 3. The van der Waals surface area contributed by atoms with Gasteiger partial charge in [0.05, 0.1) is 6.04 Å². The van der Waals surface area contributed by atoms with E-state index in [-0.39, 0.29) is 11.9 Å². The van der Waals surface area contributed by atoms with Gasteiger partial charge in [0.2, 0.25) is 0 Å². The lowest BCUT2D eigenvalue weighted by molar-refractivity contribution is 0.279. The molecular weight excluding hydrogens is 214 g/mol. The normalized spacial score (nSPS) is 14.1. The summed E-state index contributed by atoms with van der Waals surface area (Å²) in [7, 11) is 1.96. The zero-order chi connectivity index (χ0) is 13.0. The average molecular weight is 235 g/mol. The predicted octanol–water partition coefficient (Wildman–Crippen LogP) is 1.87. The number of amidine groups is 1. The minimum absolute atomic E-state index is 0.0834. The second-order valence-corrected chi connectivity index (χ2v) is 4.55. The van der Waals surface area contributed by atoms with Crippen molar-refractivity contribution in [3.05, 3.63) is 34.9 Å². The first kappa shape index (κ1) is 13.5. The SMILES string of the molecule is Cc1ccc(C)c(CN(C)C(C)C(N)=NO)c1. The summed E-state index contributed by atoms with van der Waals surface area (Å²) in [6, 6.07) is 6.31. The van der Waals surface area contributed by atoms with E-state index in [0.29, 0.717) is 0 Å². The molecule has 0 radical (unpaired) electrons. The molecule has 0 saturated carbocycles. The summed E-state index contributed by atoms with van der Waals surface area (Å²) >= 11 is 0. The molecule has 0 fully saturated rings. The predicted molar refractivity (Wildman–Crippen MR) is 70.3 cm³/mol. The highest BCUT2D eigenvalue weighted by Crippen LogP contribution is 2.13. The van der Waals surface area contributed by atoms with Crippen LogP contribution in [0.5, 0.6) is 0 Å². The minimum Gasteiger partial charge on any atom is -0.409 e. The molecule has 1 unspecified atom stereocenters. The van der Waals surface area contributed by atoms with Crippen LogP contribution in [0.15, 0.2) is 23.4 Å². The van der Waals surface area contributed by atoms with Gasteiger partial charge in [-0.3, -0.25) is 4.90 Å². The zero-order valence-corrected chi connectivity index (χ0v) is 10.9. The Morgan fingerprint density at radius 1 is 1.47 bits per heavy atom. The first-order valence-electron chi connectivity index (χ1n) is 5.69. The van der Waals surface area contributed by atoms with Crippen molar-refractivity contribution in [3.8, 4) is 0 Å². The van der Waals surface area contributed by atoms with Gasteiger partial charge in [0.15, 0.2) is 5.84 Å². The van der Waals surface area contributed by atoms with Crippen LogP contribution in [0.1, 0.15) is 23.6 Å². The number of aryl methyl sites for hydroxylation is 2. The maximum absolute atomic E-state index is 8.66. The number of rotatable bonds is 4. The van der Waals surface area contributed by atoms with Crippen LogP contribution in [0.25, 0.3) is 0 Å². The Morgan fingerprint density at radius 3 is 2.71 bits per heavy atom. The zero-order valence-electron chi connectivity index (χ0n) is 10.9. The molecule has 0 amide bonds. The van der Waals surface area contributed by atoms with E-state index >= 15 is 0 Å². The Balaban J connectivity index is 2.80. The molecule has 0 heterocycles. The summed E-state index contributed by atoms with van der Waals surface area (Å²) in [6.45, 7) is 6.87. The Hall–Kier alpha value is -1.55. The molecule has 17 heavy (non-hydrogen) atoms. The highest BCUT2D eigenvalue weighted by molar-refractivity contribution is 5.84. The molecule has 0 aliphatic carbocycles. The van der Waals surface area contributed by atoms with E-state index < -0.39 is 0 Å². The van der Waals surface area contributed by atoms with Crippen LogP contribution < -0.4 is 5.73 Å². The Kier molecular flexibility index (Phi) is 4.52. The van der Waals surface area contributed by atoms with Gasteiger partial charge in [-0.05, 0) is 38.9 Å². The highest BCUT2D eigenvalue weighted by Gasteiger charge is 2.14. The number of oxime groups is 1. The van der Waals surface area contributed by atoms with Gasteiger partial charge in [-0.2, -0.15) is 0 Å². The molecule has 0 saturated heterocycles. The second-order valence-electron chi connectivity index (χ2n) is 4.55. The van der Waals surface area contributed by atoms with Gasteiger partial charge < -0.3 is 10.9 Å². The van der Waals surface area contributed by atoms with Gasteiger partial charge in [0, 0.05) is 6.54 Å². The first-order chi connectivity index (χ1) is 7.95. The van der Waals surface area contributed by atoms with Crippen molar-refractivity contribution in [2.45, 2.75) is 33.4 Å². The van der Waals surface area contributed by atoms with E-state index in [4.69, 9.17) is 10.9 Å². The van der Waals surface area contributed by atoms with Crippen LogP contribution in [-0.4, -0.2) is 29.0 Å². The summed E-state index contributed by atoms with van der Waals surface area (Å²) in [4.78, 5) is 2.05. The second kappa shape index (κ2) is 5.68. The lowest BCUT2D eigenvalue weighted by Gasteiger charge is -2.24. The molecule has 0 aromatic heterocycles. The Bertz CT molecular complexity index is 415. The summed E-state index contributed by atoms with van der Waals surface area (Å²) in [5, 5.41) is 11.7. The number of nitrogens with zero attached hydrogens (tertiary/aromatic N) is 2. The number of nitrogens with two attached hydrogens (primary N) is 1. The van der Waals surface area contributed by atoms with Crippen molar-refractivity contribution in [3.63, 3.8) is 0 Å². The standard InChI is InChI=1S/C13H21N3O/c1-9-5-6-10(2)12(7-9)8-16(4)11(3)13(14)15-17/h5-7,11,17H,8H2,1-4H3,(H2,14,15). The largest absolute Gasteiger partial charge is 0.409 e. The number of benzene rings is 1. The number of hydrogen-bond donors (Lipinski definition) is 2. The van der Waals surface area contributed by atoms with E-state index in [1.807, 2.05) is 14.0 Å². The van der Waals surface area contributed by atoms with Crippen molar-refractivity contribution in [1.82, 2.24) is 4.90 Å². The molecule has 4 heteroatoms. The van der Waals surface area contributed by atoms with Crippen LogP contribution >= 0.6 is 0 Å². The van der Waals surface area contributed by atoms with E-state index in [1.165, 1.54) is 16.7 Å². The van der Waals surface area contributed by atoms with Crippen molar-refractivity contribution >= 4 is 5.84 Å². The van der Waals surface area contributed by atoms with Gasteiger partial charge >= 0.3 is 0 Å². The summed E-state index contributed by atoms with van der Waals surface area (Å²) in [6.07, 6.45) is 0. The van der Waals surface area contributed by atoms with Crippen LogP contribution in [0.3, 0.4) is 0 Å². The fraction of sp³-hybridized carbons (Fsp3) is 0.462. The quantitative estimate of drug-likeness (QED) is 0.362. The van der Waals surface area contributed by atoms with E-state index in [2.05, 4.69) is 42.1 Å². The van der Waals surface area contributed by atoms with E-state index in [0.717, 1.165) is 6.54 Å². The number of likely N-dealkylation sites (N-methyl/N-ethyl adjacent to an activating group) is 1. The molecule has 1 aromatic carbocycles. The summed E-state index contributed by atoms with van der Waals surface area (Å²) in [5.74, 6) is 0.234. The smallest absolute Gasteiger partial charge is 0.156 e. The van der Waals surface area contributed by atoms with Crippen molar-refractivity contribution in [1.29, 1.82) is 0 Å². The monoisotopic (exact) mass is 235 g/mol. The lowest BCUT2D eigenvalue weighted by atomic mass is 10.0. The maximum atomic E-state index is 8.66. The molecule has 94 valence electrons. The third-order valence-electron chi connectivity index (χ3n) is 3.13. The van der Waals surface area contributed by atoms with Crippen LogP contribution in [0.4, 0.5) is 0 Å². The third-order valence-corrected chi connectivity index (χ3v) is 3.13. The van der Waals surface area contributed by atoms with Gasteiger partial charge in [-0.1, -0.05) is 28.9 Å². The Labute approximate surface area is 103 Å². The highest BCUT2D eigenvalue weighted by atomic mass is 16.4. The fourth-order valence-corrected chi connectivity index (χ4v) is 1.69. The molecule has 0 aliphatic heterocycles. The third kappa shape index (κ3) is 3.46. The van der Waals surface area contributed by atoms with Gasteiger partial charge in [0.1, 0.15) is 0 Å². The molecule has 0 bridgehead atoms. The summed E-state index contributed by atoms with van der Waals surface area (Å²) < 4.78 is 0. The molecule has 3 N–H and O–H groups in total. The van der Waals surface area contributed by atoms with Crippen LogP contribution in [0, 0.1) is 13.8 Å². The molecular formula is C13H21N3O. The van der Waals surface area contributed by atoms with Crippen molar-refractivity contribution < 1.29 is 5.21 Å². The van der Waals surface area contributed by atoms with Crippen LogP contribution in [-0.2, 0) is 6.54 Å². The van der Waals surface area contributed by atoms with Gasteiger partial charge in [0.25, 0.3) is 0 Å². The van der Waals surface area contributed by atoms with Crippen LogP contribution in [0.2, 0.25) is 0 Å². The molecule has 0 spiro atoms. The summed E-state index contributed by atoms with van der Waals surface area (Å²) in [5.41, 5.74) is 9.37. The first-order valence-corrected chi connectivity index (χ1v) is 5.69. The van der Waals surface area contributed by atoms with Gasteiger partial charge in [-0.15, -0.1) is 0 Å². The maximum Gasteiger partial charge on any atom is 0.156 e. The van der Waals surface area contributed by atoms with Crippen molar-refractivity contribution in [2.75, 3.05) is 7.05 Å².